The van der Waals surface area contributed by atoms with Crippen molar-refractivity contribution in [2.24, 2.45) is 11.7 Å². The average Bonchev–Trinajstić information content (AvgIpc) is 2.52. The molecule has 1 amide bonds. The number of hydrogen-bond donors (Lipinski definition) is 1. The summed E-state index contributed by atoms with van der Waals surface area (Å²) in [6.07, 6.45) is 4.05. The van der Waals surface area contributed by atoms with Crippen molar-refractivity contribution in [1.82, 2.24) is 4.90 Å². The van der Waals surface area contributed by atoms with Gasteiger partial charge in [-0.05, 0) is 68.7 Å². The summed E-state index contributed by atoms with van der Waals surface area (Å²) >= 11 is 0. The molecule has 0 aromatic heterocycles. The van der Waals surface area contributed by atoms with Crippen molar-refractivity contribution in [3.05, 3.63) is 35.4 Å². The Morgan fingerprint density at radius 2 is 1.96 bits per heavy atom. The van der Waals surface area contributed by atoms with Gasteiger partial charge < -0.3 is 10.6 Å². The first kappa shape index (κ1) is 17.9. The Labute approximate surface area is 136 Å². The highest BCUT2D eigenvalue weighted by Crippen LogP contribution is 2.30. The van der Waals surface area contributed by atoms with Crippen LogP contribution in [-0.4, -0.2) is 29.4 Å². The molecule has 5 heteroatoms. The van der Waals surface area contributed by atoms with Gasteiger partial charge in [0, 0.05) is 25.6 Å². The van der Waals surface area contributed by atoms with E-state index in [1.165, 1.54) is 6.07 Å². The second kappa shape index (κ2) is 7.86. The van der Waals surface area contributed by atoms with Crippen molar-refractivity contribution in [2.75, 3.05) is 6.54 Å². The van der Waals surface area contributed by atoms with E-state index < -0.39 is 11.6 Å². The summed E-state index contributed by atoms with van der Waals surface area (Å²) in [4.78, 5) is 13.5. The highest BCUT2D eigenvalue weighted by molar-refractivity contribution is 5.73. The first-order valence-electron chi connectivity index (χ1n) is 8.39. The van der Waals surface area contributed by atoms with Crippen LogP contribution in [0.3, 0.4) is 0 Å². The highest BCUT2D eigenvalue weighted by atomic mass is 19.1. The van der Waals surface area contributed by atoms with Crippen LogP contribution in [0.25, 0.3) is 0 Å². The number of carbonyl (C=O) groups excluding carboxylic acids is 1. The Bertz CT molecular complexity index is 542. The van der Waals surface area contributed by atoms with Crippen molar-refractivity contribution in [2.45, 2.75) is 58.0 Å². The molecule has 1 aromatic carbocycles. The van der Waals surface area contributed by atoms with Crippen molar-refractivity contribution in [3.63, 3.8) is 0 Å². The van der Waals surface area contributed by atoms with Gasteiger partial charge in [-0.1, -0.05) is 0 Å². The summed E-state index contributed by atoms with van der Waals surface area (Å²) < 4.78 is 27.0. The van der Waals surface area contributed by atoms with Crippen LogP contribution in [0.15, 0.2) is 18.2 Å². The summed E-state index contributed by atoms with van der Waals surface area (Å²) in [6, 6.07) is 3.61. The molecular weight excluding hydrogens is 298 g/mol. The van der Waals surface area contributed by atoms with E-state index in [0.717, 1.165) is 44.4 Å². The van der Waals surface area contributed by atoms with E-state index in [1.807, 2.05) is 11.8 Å². The van der Waals surface area contributed by atoms with Crippen LogP contribution < -0.4 is 5.73 Å². The number of halogens is 2. The fourth-order valence-electron chi connectivity index (χ4n) is 3.70. The maximum Gasteiger partial charge on any atom is 0.219 e. The van der Waals surface area contributed by atoms with Crippen molar-refractivity contribution < 1.29 is 13.6 Å². The van der Waals surface area contributed by atoms with Gasteiger partial charge in [-0.3, -0.25) is 4.79 Å². The lowest BCUT2D eigenvalue weighted by atomic mass is 9.79. The molecule has 1 fully saturated rings. The van der Waals surface area contributed by atoms with Gasteiger partial charge in [0.05, 0.1) is 0 Å². The fourth-order valence-corrected chi connectivity index (χ4v) is 3.70. The maximum atomic E-state index is 13.7. The normalized spacial score (nSPS) is 22.7. The lowest BCUT2D eigenvalue weighted by molar-refractivity contribution is -0.131. The standard InChI is InChI=1S/C18H26F2N2O/c1-3-22(12(2)23)16-7-4-13(5-8-16)18(21)11-14-10-15(19)6-9-17(14)20/h6,9-10,13,16,18H,3-5,7-8,11,21H2,1-2H3/t13?,16?,18-/m1/s1. The Kier molecular flexibility index (Phi) is 6.10. The Morgan fingerprint density at radius 3 is 2.52 bits per heavy atom. The van der Waals surface area contributed by atoms with E-state index in [0.29, 0.717) is 17.9 Å². The molecule has 1 saturated carbocycles. The van der Waals surface area contributed by atoms with E-state index >= 15 is 0 Å². The molecule has 0 unspecified atom stereocenters. The maximum absolute atomic E-state index is 13.7. The van der Waals surface area contributed by atoms with Gasteiger partial charge in [-0.2, -0.15) is 0 Å². The number of rotatable bonds is 5. The Morgan fingerprint density at radius 1 is 1.30 bits per heavy atom. The predicted molar refractivity (Wildman–Crippen MR) is 86.8 cm³/mol. The number of carbonyl (C=O) groups is 1. The molecule has 0 aliphatic heterocycles. The van der Waals surface area contributed by atoms with Gasteiger partial charge in [0.1, 0.15) is 11.6 Å². The number of hydrogen-bond acceptors (Lipinski definition) is 2. The lowest BCUT2D eigenvalue weighted by Crippen LogP contribution is -2.43. The van der Waals surface area contributed by atoms with E-state index in [2.05, 4.69) is 0 Å². The molecule has 1 aliphatic carbocycles. The first-order valence-corrected chi connectivity index (χ1v) is 8.39. The Hall–Kier alpha value is -1.49. The van der Waals surface area contributed by atoms with Gasteiger partial charge in [0.25, 0.3) is 0 Å². The molecule has 128 valence electrons. The average molecular weight is 324 g/mol. The zero-order chi connectivity index (χ0) is 17.0. The second-order valence-corrected chi connectivity index (χ2v) is 6.48. The van der Waals surface area contributed by atoms with Crippen LogP contribution in [0.5, 0.6) is 0 Å². The molecule has 3 nitrogen and oxygen atoms in total. The van der Waals surface area contributed by atoms with Crippen LogP contribution in [0.2, 0.25) is 0 Å². The zero-order valence-corrected chi connectivity index (χ0v) is 13.9. The molecule has 1 aliphatic rings. The van der Waals surface area contributed by atoms with Crippen LogP contribution >= 0.6 is 0 Å². The first-order chi connectivity index (χ1) is 10.9. The Balaban J connectivity index is 1.92. The van der Waals surface area contributed by atoms with Crippen molar-refractivity contribution in [1.29, 1.82) is 0 Å². The molecule has 0 bridgehead atoms. The smallest absolute Gasteiger partial charge is 0.219 e. The van der Waals surface area contributed by atoms with Crippen LogP contribution in [0.1, 0.15) is 45.1 Å². The van der Waals surface area contributed by atoms with Crippen LogP contribution in [0, 0.1) is 17.6 Å². The summed E-state index contributed by atoms with van der Waals surface area (Å²) in [7, 11) is 0. The second-order valence-electron chi connectivity index (χ2n) is 6.48. The molecule has 0 radical (unpaired) electrons. The highest BCUT2D eigenvalue weighted by Gasteiger charge is 2.29. The van der Waals surface area contributed by atoms with Gasteiger partial charge in [0.15, 0.2) is 0 Å². The number of benzene rings is 1. The summed E-state index contributed by atoms with van der Waals surface area (Å²) in [5.74, 6) is -0.428. The molecule has 1 atom stereocenters. The summed E-state index contributed by atoms with van der Waals surface area (Å²) in [6.45, 7) is 4.32. The van der Waals surface area contributed by atoms with Crippen molar-refractivity contribution >= 4 is 5.91 Å². The minimum atomic E-state index is -0.433. The summed E-state index contributed by atoms with van der Waals surface area (Å²) in [5.41, 5.74) is 6.59. The molecule has 0 spiro atoms. The van der Waals surface area contributed by atoms with E-state index in [-0.39, 0.29) is 18.0 Å². The third-order valence-electron chi connectivity index (χ3n) is 5.00. The minimum Gasteiger partial charge on any atom is -0.340 e. The molecule has 2 rings (SSSR count). The number of amides is 1. The molecule has 1 aromatic rings. The van der Waals surface area contributed by atoms with Crippen molar-refractivity contribution in [3.8, 4) is 0 Å². The molecule has 23 heavy (non-hydrogen) atoms. The van der Waals surface area contributed by atoms with Gasteiger partial charge in [-0.15, -0.1) is 0 Å². The molecule has 0 saturated heterocycles. The molecule has 0 heterocycles. The predicted octanol–water partition coefficient (Wildman–Crippen LogP) is 3.26. The number of nitrogens with two attached hydrogens (primary N) is 1. The van der Waals surface area contributed by atoms with Gasteiger partial charge in [-0.25, -0.2) is 8.78 Å². The van der Waals surface area contributed by atoms with Crippen LogP contribution in [0.4, 0.5) is 8.78 Å². The number of nitrogens with zero attached hydrogens (tertiary/aromatic N) is 1. The van der Waals surface area contributed by atoms with Gasteiger partial charge >= 0.3 is 0 Å². The zero-order valence-electron chi connectivity index (χ0n) is 13.9. The molecular formula is C18H26F2N2O. The van der Waals surface area contributed by atoms with Gasteiger partial charge in [0.2, 0.25) is 5.91 Å². The lowest BCUT2D eigenvalue weighted by Gasteiger charge is -2.37. The van der Waals surface area contributed by atoms with E-state index in [4.69, 9.17) is 5.73 Å². The molecule has 2 N–H and O–H groups in total. The SMILES string of the molecule is CCN(C(C)=O)C1CCC([C@H](N)Cc2cc(F)ccc2F)CC1. The summed E-state index contributed by atoms with van der Waals surface area (Å²) in [5, 5.41) is 0. The van der Waals surface area contributed by atoms with Crippen LogP contribution in [-0.2, 0) is 11.2 Å². The minimum absolute atomic E-state index is 0.113. The van der Waals surface area contributed by atoms with E-state index in [9.17, 15) is 13.6 Å². The monoisotopic (exact) mass is 324 g/mol. The third kappa shape index (κ3) is 4.50. The quantitative estimate of drug-likeness (QED) is 0.903. The van der Waals surface area contributed by atoms with E-state index in [1.54, 1.807) is 6.92 Å². The fraction of sp³-hybridized carbons (Fsp3) is 0.611. The third-order valence-corrected chi connectivity index (χ3v) is 5.00. The topological polar surface area (TPSA) is 46.3 Å². The largest absolute Gasteiger partial charge is 0.340 e.